The molecule has 18 heavy (non-hydrogen) atoms. The predicted octanol–water partition coefficient (Wildman–Crippen LogP) is 3.66. The highest BCUT2D eigenvalue weighted by atomic mass is 79.9. The molecule has 2 rings (SSSR count). The Balaban J connectivity index is 2.09. The summed E-state index contributed by atoms with van der Waals surface area (Å²) in [7, 11) is 0. The second-order valence-corrected chi connectivity index (χ2v) is 4.60. The summed E-state index contributed by atoms with van der Waals surface area (Å²) in [5, 5.41) is 9.02. The number of hydrogen-bond donors (Lipinski definition) is 1. The molecule has 0 atom stereocenters. The van der Waals surface area contributed by atoms with E-state index in [0.717, 1.165) is 11.1 Å². The lowest BCUT2D eigenvalue weighted by atomic mass is 10.2. The van der Waals surface area contributed by atoms with Crippen LogP contribution in [0.15, 0.2) is 46.9 Å². The molecule has 94 valence electrons. The van der Waals surface area contributed by atoms with Crippen molar-refractivity contribution >= 4 is 15.9 Å². The van der Waals surface area contributed by atoms with E-state index in [4.69, 9.17) is 9.84 Å². The van der Waals surface area contributed by atoms with Gasteiger partial charge < -0.3 is 9.84 Å². The van der Waals surface area contributed by atoms with Gasteiger partial charge in [-0.05, 0) is 39.7 Å². The minimum Gasteiger partial charge on any atom is -0.489 e. The van der Waals surface area contributed by atoms with Gasteiger partial charge >= 0.3 is 0 Å². The zero-order chi connectivity index (χ0) is 13.0. The molecular weight excluding hydrogens is 299 g/mol. The van der Waals surface area contributed by atoms with Gasteiger partial charge in [-0.3, -0.25) is 0 Å². The van der Waals surface area contributed by atoms with Gasteiger partial charge in [-0.25, -0.2) is 4.39 Å². The Morgan fingerprint density at radius 2 is 1.94 bits per heavy atom. The Kier molecular flexibility index (Phi) is 4.33. The summed E-state index contributed by atoms with van der Waals surface area (Å²) in [6.07, 6.45) is 0. The van der Waals surface area contributed by atoms with E-state index in [2.05, 4.69) is 15.9 Å². The van der Waals surface area contributed by atoms with Crippen LogP contribution in [0.1, 0.15) is 11.1 Å². The first-order valence-electron chi connectivity index (χ1n) is 5.46. The maximum atomic E-state index is 13.3. The van der Waals surface area contributed by atoms with Gasteiger partial charge in [0, 0.05) is 5.56 Å². The second kappa shape index (κ2) is 5.98. The number of aliphatic hydroxyl groups is 1. The van der Waals surface area contributed by atoms with Crippen molar-refractivity contribution in [3.8, 4) is 5.75 Å². The van der Waals surface area contributed by atoms with Crippen molar-refractivity contribution in [1.82, 2.24) is 0 Å². The molecule has 4 heteroatoms. The summed E-state index contributed by atoms with van der Waals surface area (Å²) >= 11 is 3.19. The topological polar surface area (TPSA) is 29.5 Å². The quantitative estimate of drug-likeness (QED) is 0.934. The molecular formula is C14H12BrFO2. The van der Waals surface area contributed by atoms with Crippen LogP contribution in [-0.4, -0.2) is 5.11 Å². The maximum Gasteiger partial charge on any atom is 0.137 e. The average Bonchev–Trinajstić information content (AvgIpc) is 2.41. The second-order valence-electron chi connectivity index (χ2n) is 3.81. The number of benzene rings is 2. The summed E-state index contributed by atoms with van der Waals surface area (Å²) in [6.45, 7) is 0.244. The molecule has 2 aromatic rings. The highest BCUT2D eigenvalue weighted by molar-refractivity contribution is 9.10. The first-order valence-corrected chi connectivity index (χ1v) is 6.25. The fourth-order valence-corrected chi connectivity index (χ4v) is 1.93. The van der Waals surface area contributed by atoms with Gasteiger partial charge in [0.1, 0.15) is 18.2 Å². The molecule has 0 heterocycles. The highest BCUT2D eigenvalue weighted by Crippen LogP contribution is 2.22. The summed E-state index contributed by atoms with van der Waals surface area (Å²) in [5.41, 5.74) is 1.52. The van der Waals surface area contributed by atoms with Crippen molar-refractivity contribution in [2.75, 3.05) is 0 Å². The molecule has 0 aliphatic carbocycles. The number of hydrogen-bond acceptors (Lipinski definition) is 2. The van der Waals surface area contributed by atoms with Crippen LogP contribution in [-0.2, 0) is 13.2 Å². The number of halogens is 2. The number of ether oxygens (including phenoxy) is 1. The Morgan fingerprint density at radius 1 is 1.17 bits per heavy atom. The van der Waals surface area contributed by atoms with Crippen LogP contribution in [0.4, 0.5) is 4.39 Å². The van der Waals surface area contributed by atoms with Gasteiger partial charge in [0.05, 0.1) is 11.1 Å². The van der Waals surface area contributed by atoms with E-state index >= 15 is 0 Å². The molecule has 0 aromatic heterocycles. The molecule has 0 saturated carbocycles. The van der Waals surface area contributed by atoms with E-state index in [1.54, 1.807) is 24.3 Å². The first kappa shape index (κ1) is 13.1. The molecule has 0 unspecified atom stereocenters. The third kappa shape index (κ3) is 3.09. The largest absolute Gasteiger partial charge is 0.489 e. The van der Waals surface area contributed by atoms with Crippen molar-refractivity contribution in [2.45, 2.75) is 13.2 Å². The minimum absolute atomic E-state index is 0.0269. The summed E-state index contributed by atoms with van der Waals surface area (Å²) in [4.78, 5) is 0. The predicted molar refractivity (Wildman–Crippen MR) is 70.8 cm³/mol. The van der Waals surface area contributed by atoms with Gasteiger partial charge in [0.2, 0.25) is 0 Å². The lowest BCUT2D eigenvalue weighted by molar-refractivity contribution is 0.278. The van der Waals surface area contributed by atoms with E-state index in [9.17, 15) is 4.39 Å². The van der Waals surface area contributed by atoms with Crippen LogP contribution in [0.2, 0.25) is 0 Å². The Morgan fingerprint density at radius 3 is 2.72 bits per heavy atom. The van der Waals surface area contributed by atoms with Crippen molar-refractivity contribution in [3.63, 3.8) is 0 Å². The van der Waals surface area contributed by atoms with Crippen LogP contribution in [0.3, 0.4) is 0 Å². The summed E-state index contributed by atoms with van der Waals surface area (Å²) in [5.74, 6) is 0.345. The Labute approximate surface area is 113 Å². The molecule has 0 saturated heterocycles. The average molecular weight is 311 g/mol. The Hall–Kier alpha value is -1.39. The van der Waals surface area contributed by atoms with E-state index in [-0.39, 0.29) is 19.0 Å². The summed E-state index contributed by atoms with van der Waals surface area (Å²) < 4.78 is 19.3. The van der Waals surface area contributed by atoms with Crippen LogP contribution in [0.25, 0.3) is 0 Å². The molecule has 0 bridgehead atoms. The monoisotopic (exact) mass is 310 g/mol. The molecule has 0 spiro atoms. The van der Waals surface area contributed by atoms with Crippen molar-refractivity contribution in [2.24, 2.45) is 0 Å². The van der Waals surface area contributed by atoms with Crippen molar-refractivity contribution in [3.05, 3.63) is 63.9 Å². The van der Waals surface area contributed by atoms with Gasteiger partial charge in [-0.15, -0.1) is 0 Å². The molecule has 0 amide bonds. The smallest absolute Gasteiger partial charge is 0.137 e. The highest BCUT2D eigenvalue weighted by Gasteiger charge is 2.05. The SMILES string of the molecule is OCc1cccc(OCc2cccc(F)c2Br)c1. The van der Waals surface area contributed by atoms with Crippen LogP contribution < -0.4 is 4.74 Å². The van der Waals surface area contributed by atoms with E-state index in [1.165, 1.54) is 6.07 Å². The van der Waals surface area contributed by atoms with Crippen molar-refractivity contribution in [1.29, 1.82) is 0 Å². The molecule has 0 aliphatic rings. The lowest BCUT2D eigenvalue weighted by Crippen LogP contribution is -1.98. The molecule has 1 N–H and O–H groups in total. The van der Waals surface area contributed by atoms with Gasteiger partial charge in [-0.1, -0.05) is 24.3 Å². The lowest BCUT2D eigenvalue weighted by Gasteiger charge is -2.09. The molecule has 0 aliphatic heterocycles. The Bertz CT molecular complexity index is 543. The number of rotatable bonds is 4. The third-order valence-electron chi connectivity index (χ3n) is 2.51. The zero-order valence-corrected chi connectivity index (χ0v) is 11.2. The molecule has 2 nitrogen and oxygen atoms in total. The van der Waals surface area contributed by atoms with Gasteiger partial charge in [-0.2, -0.15) is 0 Å². The molecule has 2 aromatic carbocycles. The van der Waals surface area contributed by atoms with E-state index in [1.807, 2.05) is 12.1 Å². The van der Waals surface area contributed by atoms with Gasteiger partial charge in [0.15, 0.2) is 0 Å². The normalized spacial score (nSPS) is 10.4. The van der Waals surface area contributed by atoms with Gasteiger partial charge in [0.25, 0.3) is 0 Å². The molecule has 0 radical (unpaired) electrons. The standard InChI is InChI=1S/C14H12BrFO2/c15-14-11(4-2-6-13(14)16)9-18-12-5-1-3-10(7-12)8-17/h1-7,17H,8-9H2. The maximum absolute atomic E-state index is 13.3. The zero-order valence-electron chi connectivity index (χ0n) is 9.57. The van der Waals surface area contributed by atoms with Crippen LogP contribution in [0, 0.1) is 5.82 Å². The fraction of sp³-hybridized carbons (Fsp3) is 0.143. The van der Waals surface area contributed by atoms with Crippen molar-refractivity contribution < 1.29 is 14.2 Å². The summed E-state index contributed by atoms with van der Waals surface area (Å²) in [6, 6.07) is 12.0. The van der Waals surface area contributed by atoms with Crippen LogP contribution >= 0.6 is 15.9 Å². The fourth-order valence-electron chi connectivity index (χ4n) is 1.55. The van der Waals surface area contributed by atoms with E-state index < -0.39 is 0 Å². The third-order valence-corrected chi connectivity index (χ3v) is 3.39. The molecule has 0 fully saturated rings. The van der Waals surface area contributed by atoms with E-state index in [0.29, 0.717) is 10.2 Å². The number of aliphatic hydroxyl groups excluding tert-OH is 1. The minimum atomic E-state index is -0.305. The van der Waals surface area contributed by atoms with Crippen LogP contribution in [0.5, 0.6) is 5.75 Å². The first-order chi connectivity index (χ1) is 8.70.